The van der Waals surface area contributed by atoms with Gasteiger partial charge in [0.2, 0.25) is 5.82 Å². The zero-order valence-corrected chi connectivity index (χ0v) is 16.7. The SMILES string of the molecule is O=C(Nc1cc(C2CC2)nn1-c1ncccn1)c1nc(C2CC2)n(-c2ccccc2)n1. The molecule has 4 aromatic rings. The Morgan fingerprint density at radius 1 is 0.903 bits per heavy atom. The Hall–Kier alpha value is -3.88. The largest absolute Gasteiger partial charge is 0.304 e. The van der Waals surface area contributed by atoms with Crippen LogP contribution in [-0.4, -0.2) is 40.4 Å². The molecule has 0 radical (unpaired) electrons. The first-order valence-electron chi connectivity index (χ1n) is 10.5. The van der Waals surface area contributed by atoms with Crippen LogP contribution in [0.25, 0.3) is 11.6 Å². The summed E-state index contributed by atoms with van der Waals surface area (Å²) in [5.41, 5.74) is 1.83. The minimum atomic E-state index is -0.379. The summed E-state index contributed by atoms with van der Waals surface area (Å²) in [6, 6.07) is 13.4. The summed E-state index contributed by atoms with van der Waals surface area (Å²) in [7, 11) is 0. The molecule has 0 spiro atoms. The summed E-state index contributed by atoms with van der Waals surface area (Å²) in [4.78, 5) is 26.2. The van der Waals surface area contributed by atoms with Gasteiger partial charge in [-0.3, -0.25) is 4.79 Å². The molecule has 0 aliphatic heterocycles. The molecule has 0 atom stereocenters. The highest BCUT2D eigenvalue weighted by atomic mass is 16.2. The van der Waals surface area contributed by atoms with E-state index in [-0.39, 0.29) is 11.7 Å². The molecular formula is C22H20N8O. The van der Waals surface area contributed by atoms with Crippen molar-refractivity contribution in [3.05, 3.63) is 72.2 Å². The van der Waals surface area contributed by atoms with Crippen molar-refractivity contribution >= 4 is 11.7 Å². The number of carbonyl (C=O) groups is 1. The lowest BCUT2D eigenvalue weighted by Gasteiger charge is -2.05. The Labute approximate surface area is 178 Å². The van der Waals surface area contributed by atoms with E-state index in [1.807, 2.05) is 36.4 Å². The number of rotatable bonds is 6. The van der Waals surface area contributed by atoms with E-state index in [1.54, 1.807) is 27.8 Å². The van der Waals surface area contributed by atoms with Crippen LogP contribution in [0.2, 0.25) is 0 Å². The van der Waals surface area contributed by atoms with Crippen molar-refractivity contribution in [3.63, 3.8) is 0 Å². The zero-order valence-electron chi connectivity index (χ0n) is 16.7. The van der Waals surface area contributed by atoms with E-state index in [2.05, 4.69) is 30.5 Å². The number of para-hydroxylation sites is 1. The molecule has 0 unspecified atom stereocenters. The quantitative estimate of drug-likeness (QED) is 0.521. The van der Waals surface area contributed by atoms with Crippen LogP contribution in [-0.2, 0) is 0 Å². The molecule has 1 N–H and O–H groups in total. The minimum Gasteiger partial charge on any atom is -0.304 e. The Morgan fingerprint density at radius 2 is 1.65 bits per heavy atom. The normalized spacial score (nSPS) is 15.7. The third-order valence-corrected chi connectivity index (χ3v) is 5.49. The summed E-state index contributed by atoms with van der Waals surface area (Å²) < 4.78 is 3.35. The third-order valence-electron chi connectivity index (χ3n) is 5.49. The Kier molecular flexibility index (Phi) is 4.12. The average molecular weight is 412 g/mol. The lowest BCUT2D eigenvalue weighted by molar-refractivity contribution is 0.101. The second-order valence-electron chi connectivity index (χ2n) is 7.96. The van der Waals surface area contributed by atoms with E-state index >= 15 is 0 Å². The smallest absolute Gasteiger partial charge is 0.296 e. The van der Waals surface area contributed by atoms with Gasteiger partial charge in [0.05, 0.1) is 11.4 Å². The molecule has 9 heteroatoms. The van der Waals surface area contributed by atoms with Crippen LogP contribution in [0.3, 0.4) is 0 Å². The lowest BCUT2D eigenvalue weighted by Crippen LogP contribution is -2.17. The fourth-order valence-electron chi connectivity index (χ4n) is 3.58. The van der Waals surface area contributed by atoms with E-state index < -0.39 is 0 Å². The Balaban J connectivity index is 1.34. The molecule has 0 saturated heterocycles. The second-order valence-corrected chi connectivity index (χ2v) is 7.96. The molecule has 154 valence electrons. The van der Waals surface area contributed by atoms with Crippen LogP contribution in [0.15, 0.2) is 54.9 Å². The number of benzene rings is 1. The summed E-state index contributed by atoms with van der Waals surface area (Å²) in [5.74, 6) is 2.29. The topological polar surface area (TPSA) is 103 Å². The van der Waals surface area contributed by atoms with Crippen molar-refractivity contribution in [3.8, 4) is 11.6 Å². The number of anilines is 1. The summed E-state index contributed by atoms with van der Waals surface area (Å²) >= 11 is 0. The van der Waals surface area contributed by atoms with Crippen LogP contribution >= 0.6 is 0 Å². The summed E-state index contributed by atoms with van der Waals surface area (Å²) in [6.45, 7) is 0. The van der Waals surface area contributed by atoms with Crippen molar-refractivity contribution in [2.24, 2.45) is 0 Å². The maximum atomic E-state index is 13.1. The first-order chi connectivity index (χ1) is 15.3. The predicted molar refractivity (Wildman–Crippen MR) is 112 cm³/mol. The van der Waals surface area contributed by atoms with Crippen LogP contribution in [0.5, 0.6) is 0 Å². The highest BCUT2D eigenvalue weighted by Crippen LogP contribution is 2.41. The third kappa shape index (κ3) is 3.48. The van der Waals surface area contributed by atoms with Crippen molar-refractivity contribution in [2.75, 3.05) is 5.32 Å². The maximum Gasteiger partial charge on any atom is 0.296 e. The second kappa shape index (κ2) is 7.12. The van der Waals surface area contributed by atoms with Crippen molar-refractivity contribution in [1.82, 2.24) is 34.5 Å². The van der Waals surface area contributed by atoms with Gasteiger partial charge in [-0.25, -0.2) is 19.6 Å². The number of nitrogens with one attached hydrogen (secondary N) is 1. The average Bonchev–Trinajstić information content (AvgIpc) is 3.75. The lowest BCUT2D eigenvalue weighted by atomic mass is 10.3. The van der Waals surface area contributed by atoms with E-state index in [4.69, 9.17) is 0 Å². The standard InChI is InChI=1S/C22H20N8O/c31-21(19-26-20(15-9-10-15)29(28-19)16-5-2-1-3-6-16)25-18-13-17(14-7-8-14)27-30(18)22-23-11-4-12-24-22/h1-6,11-15H,7-10H2,(H,25,31). The van der Waals surface area contributed by atoms with Gasteiger partial charge in [0, 0.05) is 30.3 Å². The van der Waals surface area contributed by atoms with E-state index in [9.17, 15) is 4.79 Å². The molecule has 6 rings (SSSR count). The van der Waals surface area contributed by atoms with Gasteiger partial charge in [-0.05, 0) is 43.9 Å². The molecule has 1 aromatic carbocycles. The van der Waals surface area contributed by atoms with Gasteiger partial charge in [-0.1, -0.05) is 18.2 Å². The fourth-order valence-corrected chi connectivity index (χ4v) is 3.58. The number of amides is 1. The number of nitrogens with zero attached hydrogens (tertiary/aromatic N) is 7. The molecule has 3 aromatic heterocycles. The molecule has 2 saturated carbocycles. The van der Waals surface area contributed by atoms with Crippen LogP contribution in [0.1, 0.15) is 59.7 Å². The molecule has 2 fully saturated rings. The van der Waals surface area contributed by atoms with Gasteiger partial charge in [-0.15, -0.1) is 5.10 Å². The highest BCUT2D eigenvalue weighted by Gasteiger charge is 2.32. The minimum absolute atomic E-state index is 0.139. The Bertz CT molecular complexity index is 1240. The maximum absolute atomic E-state index is 13.1. The number of carbonyl (C=O) groups excluding carboxylic acids is 1. The van der Waals surface area contributed by atoms with Crippen molar-refractivity contribution in [2.45, 2.75) is 37.5 Å². The van der Waals surface area contributed by atoms with E-state index in [0.29, 0.717) is 23.6 Å². The highest BCUT2D eigenvalue weighted by molar-refractivity contribution is 6.01. The number of hydrogen-bond donors (Lipinski definition) is 1. The fraction of sp³-hybridized carbons (Fsp3) is 0.273. The van der Waals surface area contributed by atoms with Crippen LogP contribution in [0, 0.1) is 0 Å². The van der Waals surface area contributed by atoms with Crippen molar-refractivity contribution in [1.29, 1.82) is 0 Å². The Morgan fingerprint density at radius 3 is 2.35 bits per heavy atom. The van der Waals surface area contributed by atoms with Crippen LogP contribution in [0.4, 0.5) is 5.82 Å². The molecule has 0 bridgehead atoms. The molecule has 2 aliphatic carbocycles. The van der Waals surface area contributed by atoms with Gasteiger partial charge in [-0.2, -0.15) is 9.78 Å². The molecule has 3 heterocycles. The molecule has 31 heavy (non-hydrogen) atoms. The first kappa shape index (κ1) is 17.9. The number of hydrogen-bond acceptors (Lipinski definition) is 6. The zero-order chi connectivity index (χ0) is 20.8. The first-order valence-corrected chi connectivity index (χ1v) is 10.5. The van der Waals surface area contributed by atoms with Gasteiger partial charge in [0.15, 0.2) is 0 Å². The van der Waals surface area contributed by atoms with Gasteiger partial charge in [0.25, 0.3) is 11.9 Å². The number of aromatic nitrogens is 7. The van der Waals surface area contributed by atoms with Gasteiger partial charge < -0.3 is 5.32 Å². The molecule has 2 aliphatic rings. The van der Waals surface area contributed by atoms with Gasteiger partial charge in [0.1, 0.15) is 11.6 Å². The summed E-state index contributed by atoms with van der Waals surface area (Å²) in [5, 5.41) is 12.1. The van der Waals surface area contributed by atoms with E-state index in [0.717, 1.165) is 42.9 Å². The van der Waals surface area contributed by atoms with Gasteiger partial charge >= 0.3 is 0 Å². The molecular weight excluding hydrogens is 392 g/mol. The van der Waals surface area contributed by atoms with E-state index in [1.165, 1.54) is 0 Å². The predicted octanol–water partition coefficient (Wildman–Crippen LogP) is 3.25. The van der Waals surface area contributed by atoms with Crippen molar-refractivity contribution < 1.29 is 4.79 Å². The monoisotopic (exact) mass is 412 g/mol. The molecule has 1 amide bonds. The summed E-state index contributed by atoms with van der Waals surface area (Å²) in [6.07, 6.45) is 7.64. The molecule has 9 nitrogen and oxygen atoms in total. The van der Waals surface area contributed by atoms with Crippen LogP contribution < -0.4 is 5.32 Å².